The molecule has 0 radical (unpaired) electrons. The van der Waals surface area contributed by atoms with Gasteiger partial charge in [0.05, 0.1) is 12.7 Å². The van der Waals surface area contributed by atoms with Crippen LogP contribution in [0.3, 0.4) is 0 Å². The number of ether oxygens (including phenoxy) is 1. The topological polar surface area (TPSA) is 33.0 Å². The Hall–Kier alpha value is -1.63. The van der Waals surface area contributed by atoms with Gasteiger partial charge in [-0.2, -0.15) is 9.65 Å². The molecule has 0 atom stereocenters. The Morgan fingerprint density at radius 2 is 2.00 bits per heavy atom. The van der Waals surface area contributed by atoms with Crippen LogP contribution < -0.4 is 4.74 Å². The summed E-state index contributed by atoms with van der Waals surface area (Å²) in [4.78, 5) is 0. The van der Waals surface area contributed by atoms with Crippen LogP contribution in [0.15, 0.2) is 18.2 Å². The molecule has 0 aliphatic rings. The molecule has 1 rings (SSSR count). The maximum atomic E-state index is 13.1. The van der Waals surface area contributed by atoms with Crippen LogP contribution in [0.5, 0.6) is 5.75 Å². The summed E-state index contributed by atoms with van der Waals surface area (Å²) >= 11 is 0. The monoisotopic (exact) mass is 225 g/mol. The molecule has 4 heteroatoms. The molecule has 0 aliphatic heterocycles. The largest absolute Gasteiger partial charge is 0.490 e. The molecule has 0 aromatic heterocycles. The van der Waals surface area contributed by atoms with Crippen LogP contribution in [0.1, 0.15) is 25.7 Å². The van der Waals surface area contributed by atoms with Gasteiger partial charge in [-0.25, -0.2) is 4.39 Å². The van der Waals surface area contributed by atoms with E-state index in [4.69, 9.17) is 10.00 Å². The van der Waals surface area contributed by atoms with E-state index in [1.165, 1.54) is 12.1 Å². The fourth-order valence-electron chi connectivity index (χ4n) is 1.26. The number of rotatable bonds is 6. The Morgan fingerprint density at radius 1 is 1.19 bits per heavy atom. The Balaban J connectivity index is 2.27. The normalized spacial score (nSPS) is 9.81. The van der Waals surface area contributed by atoms with Gasteiger partial charge >= 0.3 is 0 Å². The van der Waals surface area contributed by atoms with E-state index in [-0.39, 0.29) is 5.75 Å². The summed E-state index contributed by atoms with van der Waals surface area (Å²) in [5, 5.41) is 8.30. The Bertz CT molecular complexity index is 374. The van der Waals surface area contributed by atoms with Gasteiger partial charge in [0.1, 0.15) is 0 Å². The molecule has 0 N–H and O–H groups in total. The summed E-state index contributed by atoms with van der Waals surface area (Å²) < 4.78 is 31.0. The Morgan fingerprint density at radius 3 is 2.75 bits per heavy atom. The molecule has 1 aromatic rings. The van der Waals surface area contributed by atoms with E-state index >= 15 is 0 Å². The lowest BCUT2D eigenvalue weighted by molar-refractivity contribution is 0.285. The van der Waals surface area contributed by atoms with E-state index in [0.29, 0.717) is 13.0 Å². The summed E-state index contributed by atoms with van der Waals surface area (Å²) in [6.07, 6.45) is 2.92. The third kappa shape index (κ3) is 3.85. The first-order valence-electron chi connectivity index (χ1n) is 5.19. The number of nitrogens with zero attached hydrogens (tertiary/aromatic N) is 1. The van der Waals surface area contributed by atoms with Crippen molar-refractivity contribution in [3.63, 3.8) is 0 Å². The first kappa shape index (κ1) is 12.4. The van der Waals surface area contributed by atoms with Gasteiger partial charge in [-0.15, -0.1) is 0 Å². The lowest BCUT2D eigenvalue weighted by atomic mass is 10.2. The molecule has 0 unspecified atom stereocenters. The standard InChI is InChI=1S/C12H13F2NO/c13-10-6-5-7-11(12(10)14)16-9-4-2-1-3-8-15/h5-7H,1-4,9H2. The van der Waals surface area contributed by atoms with E-state index in [2.05, 4.69) is 0 Å². The van der Waals surface area contributed by atoms with E-state index in [1.54, 1.807) is 0 Å². The molecule has 2 nitrogen and oxygen atoms in total. The molecule has 0 saturated carbocycles. The molecular weight excluding hydrogens is 212 g/mol. The fraction of sp³-hybridized carbons (Fsp3) is 0.417. The zero-order chi connectivity index (χ0) is 11.8. The Kier molecular flexibility index (Phi) is 5.27. The van der Waals surface area contributed by atoms with E-state index in [1.807, 2.05) is 6.07 Å². The van der Waals surface area contributed by atoms with Gasteiger partial charge in [-0.05, 0) is 31.4 Å². The van der Waals surface area contributed by atoms with Crippen LogP contribution >= 0.6 is 0 Å². The SMILES string of the molecule is N#CCCCCCOc1cccc(F)c1F. The minimum atomic E-state index is -0.945. The van der Waals surface area contributed by atoms with Gasteiger partial charge in [0, 0.05) is 6.42 Å². The van der Waals surface area contributed by atoms with Crippen LogP contribution in [0.2, 0.25) is 0 Å². The van der Waals surface area contributed by atoms with Crippen molar-refractivity contribution < 1.29 is 13.5 Å². The minimum Gasteiger partial charge on any atom is -0.490 e. The Labute approximate surface area is 93.5 Å². The number of hydrogen-bond acceptors (Lipinski definition) is 2. The van der Waals surface area contributed by atoms with Gasteiger partial charge in [0.15, 0.2) is 11.6 Å². The zero-order valence-electron chi connectivity index (χ0n) is 8.88. The van der Waals surface area contributed by atoms with E-state index < -0.39 is 11.6 Å². The first-order chi connectivity index (χ1) is 7.75. The van der Waals surface area contributed by atoms with Crippen molar-refractivity contribution in [3.8, 4) is 11.8 Å². The minimum absolute atomic E-state index is 0.0553. The summed E-state index contributed by atoms with van der Waals surface area (Å²) in [5.41, 5.74) is 0. The van der Waals surface area contributed by atoms with E-state index in [0.717, 1.165) is 25.3 Å². The van der Waals surface area contributed by atoms with E-state index in [9.17, 15) is 8.78 Å². The highest BCUT2D eigenvalue weighted by atomic mass is 19.2. The van der Waals surface area contributed by atoms with Crippen molar-refractivity contribution in [1.82, 2.24) is 0 Å². The van der Waals surface area contributed by atoms with Crippen LogP contribution in [0.25, 0.3) is 0 Å². The molecule has 16 heavy (non-hydrogen) atoms. The smallest absolute Gasteiger partial charge is 0.200 e. The van der Waals surface area contributed by atoms with Crippen molar-refractivity contribution >= 4 is 0 Å². The van der Waals surface area contributed by atoms with Crippen molar-refractivity contribution in [3.05, 3.63) is 29.8 Å². The molecule has 0 saturated heterocycles. The van der Waals surface area contributed by atoms with Crippen LogP contribution in [0, 0.1) is 23.0 Å². The van der Waals surface area contributed by atoms with Gasteiger partial charge < -0.3 is 4.74 Å². The summed E-state index contributed by atoms with van der Waals surface area (Å²) in [5.74, 6) is -1.90. The molecule has 0 fully saturated rings. The molecular formula is C12H13F2NO. The third-order valence-electron chi connectivity index (χ3n) is 2.11. The lowest BCUT2D eigenvalue weighted by Crippen LogP contribution is -2.00. The number of unbranched alkanes of at least 4 members (excludes halogenated alkanes) is 3. The van der Waals surface area contributed by atoms with Gasteiger partial charge in [0.25, 0.3) is 0 Å². The predicted molar refractivity (Wildman–Crippen MR) is 55.9 cm³/mol. The summed E-state index contributed by atoms with van der Waals surface area (Å²) in [6, 6.07) is 5.90. The second-order valence-corrected chi connectivity index (χ2v) is 3.37. The van der Waals surface area contributed by atoms with Crippen LogP contribution in [-0.2, 0) is 0 Å². The van der Waals surface area contributed by atoms with Gasteiger partial charge in [-0.1, -0.05) is 6.07 Å². The fourth-order valence-corrected chi connectivity index (χ4v) is 1.26. The second kappa shape index (κ2) is 6.78. The predicted octanol–water partition coefficient (Wildman–Crippen LogP) is 3.43. The first-order valence-corrected chi connectivity index (χ1v) is 5.19. The summed E-state index contributed by atoms with van der Waals surface area (Å²) in [7, 11) is 0. The highest BCUT2D eigenvalue weighted by Crippen LogP contribution is 2.19. The highest BCUT2D eigenvalue weighted by Gasteiger charge is 2.07. The maximum absolute atomic E-state index is 13.1. The average molecular weight is 225 g/mol. The summed E-state index contributed by atoms with van der Waals surface area (Å²) in [6.45, 7) is 0.339. The molecule has 0 amide bonds. The quantitative estimate of drug-likeness (QED) is 0.695. The number of benzene rings is 1. The van der Waals surface area contributed by atoms with Crippen LogP contribution in [0.4, 0.5) is 8.78 Å². The van der Waals surface area contributed by atoms with Crippen molar-refractivity contribution in [2.75, 3.05) is 6.61 Å². The molecule has 0 aliphatic carbocycles. The molecule has 0 bridgehead atoms. The number of halogens is 2. The zero-order valence-corrected chi connectivity index (χ0v) is 8.88. The number of nitriles is 1. The van der Waals surface area contributed by atoms with Gasteiger partial charge in [0.2, 0.25) is 5.82 Å². The molecule has 1 aromatic carbocycles. The van der Waals surface area contributed by atoms with Gasteiger partial charge in [-0.3, -0.25) is 0 Å². The third-order valence-corrected chi connectivity index (χ3v) is 2.11. The lowest BCUT2D eigenvalue weighted by Gasteiger charge is -2.06. The second-order valence-electron chi connectivity index (χ2n) is 3.37. The average Bonchev–Trinajstić information content (AvgIpc) is 2.29. The van der Waals surface area contributed by atoms with Crippen molar-refractivity contribution in [2.45, 2.75) is 25.7 Å². The molecule has 0 heterocycles. The van der Waals surface area contributed by atoms with Crippen molar-refractivity contribution in [2.24, 2.45) is 0 Å². The highest BCUT2D eigenvalue weighted by molar-refractivity contribution is 5.24. The number of hydrogen-bond donors (Lipinski definition) is 0. The molecule has 86 valence electrons. The maximum Gasteiger partial charge on any atom is 0.200 e. The van der Waals surface area contributed by atoms with Crippen LogP contribution in [-0.4, -0.2) is 6.61 Å². The van der Waals surface area contributed by atoms with Crippen molar-refractivity contribution in [1.29, 1.82) is 5.26 Å². The molecule has 0 spiro atoms.